The lowest BCUT2D eigenvalue weighted by Gasteiger charge is -2.17. The van der Waals surface area contributed by atoms with Crippen molar-refractivity contribution in [2.24, 2.45) is 0 Å². The topological polar surface area (TPSA) is 72.5 Å². The molecule has 0 spiro atoms. The second-order valence-electron chi connectivity index (χ2n) is 5.35. The fraction of sp³-hybridized carbons (Fsp3) is 0.211. The maximum Gasteiger partial charge on any atom is 0.333 e. The minimum absolute atomic E-state index is 0.193. The van der Waals surface area contributed by atoms with Gasteiger partial charge in [-0.2, -0.15) is 0 Å². The average molecular weight is 360 g/mol. The predicted molar refractivity (Wildman–Crippen MR) is 94.5 cm³/mol. The minimum atomic E-state index is -0.963. The number of amides is 1. The van der Waals surface area contributed by atoms with Crippen LogP contribution >= 0.6 is 11.6 Å². The zero-order valence-electron chi connectivity index (χ0n) is 13.9. The van der Waals surface area contributed by atoms with E-state index >= 15 is 0 Å². The van der Waals surface area contributed by atoms with Gasteiger partial charge < -0.3 is 10.1 Å². The molecule has 6 heteroatoms. The highest BCUT2D eigenvalue weighted by molar-refractivity contribution is 6.30. The molecule has 2 aromatic carbocycles. The SMILES string of the molecule is CCOC(=O)C(NC(C)=O)c1cccc(C(=O)c2ccc(Cl)cc2)c1. The van der Waals surface area contributed by atoms with Crippen LogP contribution in [0.25, 0.3) is 0 Å². The molecule has 0 radical (unpaired) electrons. The van der Waals surface area contributed by atoms with E-state index in [9.17, 15) is 14.4 Å². The summed E-state index contributed by atoms with van der Waals surface area (Å²) in [5, 5.41) is 3.09. The number of carbonyl (C=O) groups is 3. The van der Waals surface area contributed by atoms with Crippen LogP contribution in [0.1, 0.15) is 41.4 Å². The predicted octanol–water partition coefficient (Wildman–Crippen LogP) is 3.31. The molecule has 25 heavy (non-hydrogen) atoms. The van der Waals surface area contributed by atoms with Gasteiger partial charge in [-0.05, 0) is 42.8 Å². The fourth-order valence-electron chi connectivity index (χ4n) is 2.33. The largest absolute Gasteiger partial charge is 0.464 e. The monoisotopic (exact) mass is 359 g/mol. The lowest BCUT2D eigenvalue weighted by atomic mass is 9.98. The Kier molecular flexibility index (Phi) is 6.31. The van der Waals surface area contributed by atoms with Crippen molar-refractivity contribution >= 4 is 29.3 Å². The van der Waals surface area contributed by atoms with Gasteiger partial charge in [0.15, 0.2) is 11.8 Å². The number of rotatable bonds is 6. The van der Waals surface area contributed by atoms with E-state index in [0.29, 0.717) is 21.7 Å². The van der Waals surface area contributed by atoms with E-state index in [4.69, 9.17) is 16.3 Å². The fourth-order valence-corrected chi connectivity index (χ4v) is 2.46. The molecule has 0 saturated carbocycles. The first-order valence-electron chi connectivity index (χ1n) is 7.76. The second-order valence-corrected chi connectivity index (χ2v) is 5.78. The Morgan fingerprint density at radius 1 is 1.08 bits per heavy atom. The maximum atomic E-state index is 12.6. The number of nitrogens with one attached hydrogen (secondary N) is 1. The van der Waals surface area contributed by atoms with Gasteiger partial charge in [0.2, 0.25) is 5.91 Å². The second kappa shape index (κ2) is 8.44. The smallest absolute Gasteiger partial charge is 0.333 e. The Labute approximate surface area is 150 Å². The number of benzene rings is 2. The van der Waals surface area contributed by atoms with Crippen LogP contribution in [0.5, 0.6) is 0 Å². The molecule has 1 unspecified atom stereocenters. The molecule has 0 aliphatic carbocycles. The first-order valence-corrected chi connectivity index (χ1v) is 8.14. The van der Waals surface area contributed by atoms with Crippen molar-refractivity contribution < 1.29 is 19.1 Å². The van der Waals surface area contributed by atoms with E-state index in [1.54, 1.807) is 55.5 Å². The highest BCUT2D eigenvalue weighted by Crippen LogP contribution is 2.20. The molecule has 1 amide bonds. The number of ketones is 1. The van der Waals surface area contributed by atoms with Gasteiger partial charge in [-0.15, -0.1) is 0 Å². The quantitative estimate of drug-likeness (QED) is 0.634. The molecule has 5 nitrogen and oxygen atoms in total. The average Bonchev–Trinajstić information content (AvgIpc) is 2.60. The molecule has 0 aromatic heterocycles. The first-order chi connectivity index (χ1) is 11.9. The van der Waals surface area contributed by atoms with Crippen molar-refractivity contribution in [2.45, 2.75) is 19.9 Å². The van der Waals surface area contributed by atoms with E-state index in [1.165, 1.54) is 6.92 Å². The number of halogens is 1. The third kappa shape index (κ3) is 4.90. The summed E-state index contributed by atoms with van der Waals surface area (Å²) < 4.78 is 5.00. The van der Waals surface area contributed by atoms with E-state index in [0.717, 1.165) is 0 Å². The summed E-state index contributed by atoms with van der Waals surface area (Å²) >= 11 is 5.84. The Bertz CT molecular complexity index is 786. The number of hydrogen-bond acceptors (Lipinski definition) is 4. The van der Waals surface area contributed by atoms with Gasteiger partial charge in [0, 0.05) is 23.1 Å². The molecule has 2 aromatic rings. The summed E-state index contributed by atoms with van der Waals surface area (Å²) in [6.07, 6.45) is 0. The van der Waals surface area contributed by atoms with Crippen molar-refractivity contribution in [2.75, 3.05) is 6.61 Å². The van der Waals surface area contributed by atoms with Crippen LogP contribution in [0.2, 0.25) is 5.02 Å². The van der Waals surface area contributed by atoms with E-state index in [-0.39, 0.29) is 18.3 Å². The van der Waals surface area contributed by atoms with Crippen molar-refractivity contribution in [1.82, 2.24) is 5.32 Å². The first kappa shape index (κ1) is 18.7. The van der Waals surface area contributed by atoms with Crippen LogP contribution in [0.15, 0.2) is 48.5 Å². The molecule has 0 heterocycles. The van der Waals surface area contributed by atoms with Gasteiger partial charge in [-0.1, -0.05) is 29.8 Å². The molecule has 1 N–H and O–H groups in total. The van der Waals surface area contributed by atoms with Crippen molar-refractivity contribution in [1.29, 1.82) is 0 Å². The molecule has 0 bridgehead atoms. The van der Waals surface area contributed by atoms with Crippen LogP contribution in [0, 0.1) is 0 Å². The summed E-state index contributed by atoms with van der Waals surface area (Å²) in [6, 6.07) is 12.1. The molecule has 0 saturated heterocycles. The molecule has 0 fully saturated rings. The summed E-state index contributed by atoms with van der Waals surface area (Å²) in [5.74, 6) is -1.15. The molecule has 130 valence electrons. The summed E-state index contributed by atoms with van der Waals surface area (Å²) in [4.78, 5) is 36.1. The van der Waals surface area contributed by atoms with Gasteiger partial charge in [0.25, 0.3) is 0 Å². The van der Waals surface area contributed by atoms with E-state index in [1.807, 2.05) is 0 Å². The molecular weight excluding hydrogens is 342 g/mol. The van der Waals surface area contributed by atoms with Gasteiger partial charge in [-0.3, -0.25) is 9.59 Å². The Morgan fingerprint density at radius 2 is 1.76 bits per heavy atom. The zero-order chi connectivity index (χ0) is 18.4. The van der Waals surface area contributed by atoms with Crippen LogP contribution in [-0.2, 0) is 14.3 Å². The lowest BCUT2D eigenvalue weighted by molar-refractivity contribution is -0.147. The van der Waals surface area contributed by atoms with E-state index < -0.39 is 12.0 Å². The third-order valence-electron chi connectivity index (χ3n) is 3.46. The van der Waals surface area contributed by atoms with Crippen molar-refractivity contribution in [3.63, 3.8) is 0 Å². The lowest BCUT2D eigenvalue weighted by Crippen LogP contribution is -2.33. The van der Waals surface area contributed by atoms with E-state index in [2.05, 4.69) is 5.32 Å². The van der Waals surface area contributed by atoms with Crippen molar-refractivity contribution in [3.05, 3.63) is 70.2 Å². The Hall–Kier alpha value is -2.66. The molecule has 2 rings (SSSR count). The minimum Gasteiger partial charge on any atom is -0.464 e. The zero-order valence-corrected chi connectivity index (χ0v) is 14.7. The van der Waals surface area contributed by atoms with Crippen LogP contribution in [0.4, 0.5) is 0 Å². The standard InChI is InChI=1S/C19H18ClNO4/c1-3-25-19(24)17(21-12(2)22)14-5-4-6-15(11-14)18(23)13-7-9-16(20)10-8-13/h4-11,17H,3H2,1-2H3,(H,21,22). The number of esters is 1. The Balaban J connectivity index is 2.34. The third-order valence-corrected chi connectivity index (χ3v) is 3.71. The van der Waals surface area contributed by atoms with Crippen molar-refractivity contribution in [3.8, 4) is 0 Å². The van der Waals surface area contributed by atoms with Gasteiger partial charge in [0.05, 0.1) is 6.61 Å². The maximum absolute atomic E-state index is 12.6. The number of hydrogen-bond donors (Lipinski definition) is 1. The normalized spacial score (nSPS) is 11.5. The summed E-state index contributed by atoms with van der Waals surface area (Å²) in [6.45, 7) is 3.19. The molecule has 0 aliphatic rings. The molecule has 1 atom stereocenters. The Morgan fingerprint density at radius 3 is 2.36 bits per heavy atom. The molecule has 0 aliphatic heterocycles. The van der Waals surface area contributed by atoms with Gasteiger partial charge in [0.1, 0.15) is 0 Å². The van der Waals surface area contributed by atoms with Crippen LogP contribution in [-0.4, -0.2) is 24.3 Å². The summed E-state index contributed by atoms with van der Waals surface area (Å²) in [7, 11) is 0. The number of carbonyl (C=O) groups excluding carboxylic acids is 3. The highest BCUT2D eigenvalue weighted by Gasteiger charge is 2.24. The van der Waals surface area contributed by atoms with Gasteiger partial charge in [-0.25, -0.2) is 4.79 Å². The highest BCUT2D eigenvalue weighted by atomic mass is 35.5. The van der Waals surface area contributed by atoms with Crippen LogP contribution < -0.4 is 5.32 Å². The number of ether oxygens (including phenoxy) is 1. The van der Waals surface area contributed by atoms with Crippen LogP contribution in [0.3, 0.4) is 0 Å². The van der Waals surface area contributed by atoms with Gasteiger partial charge >= 0.3 is 5.97 Å². The summed E-state index contributed by atoms with van der Waals surface area (Å²) in [5.41, 5.74) is 1.36. The molecular formula is C19H18ClNO4.